The molecule has 1 aliphatic heterocycles. The number of halogens is 1. The summed E-state index contributed by atoms with van der Waals surface area (Å²) in [6.07, 6.45) is -1.59. The van der Waals surface area contributed by atoms with E-state index < -0.39 is 70.5 Å². The van der Waals surface area contributed by atoms with Crippen LogP contribution in [-0.2, 0) is 27.9 Å². The van der Waals surface area contributed by atoms with Crippen molar-refractivity contribution in [2.75, 3.05) is 32.0 Å². The minimum absolute atomic E-state index is 0.139. The second kappa shape index (κ2) is 17.3. The van der Waals surface area contributed by atoms with Gasteiger partial charge in [0.25, 0.3) is 0 Å². The van der Waals surface area contributed by atoms with Crippen LogP contribution in [0.3, 0.4) is 0 Å². The second-order valence-corrected chi connectivity index (χ2v) is 29.7. The van der Waals surface area contributed by atoms with E-state index in [0.29, 0.717) is 29.0 Å². The van der Waals surface area contributed by atoms with Crippen LogP contribution in [0.2, 0.25) is 36.3 Å². The fraction of sp³-hybridized carbons (Fsp3) is 0.811. The number of rotatable bonds is 14. The predicted octanol–water partition coefficient (Wildman–Crippen LogP) is 6.77. The molecule has 1 amide bonds. The maximum Gasteiger partial charge on any atom is 0.408 e. The van der Waals surface area contributed by atoms with Gasteiger partial charge in [0.15, 0.2) is 44.6 Å². The van der Waals surface area contributed by atoms with Crippen LogP contribution in [-0.4, -0.2) is 120 Å². The van der Waals surface area contributed by atoms with Gasteiger partial charge in [-0.05, 0) is 100 Å². The standard InChI is InChI=1S/C37H68BrN7O8Si2/c1-34(2,3)50-31(47)23(42-33(48)51-35(4,5)6)17-18-44(19-20-46)21-24-26(52-54(13,14)36(7,8)9)27(53-55(15,16)37(10,11)12)30(49-24)45-29-25(43-32(45)38)28(39)40-22-41-29/h22-24,26-27,30,46H,17-21H2,1-16H3,(H,42,48)(H2,39,40,41)/t23-,24+,26+,27+,30+/m0/s1. The van der Waals surface area contributed by atoms with Crippen molar-refractivity contribution in [2.45, 2.75) is 168 Å². The van der Waals surface area contributed by atoms with Crippen LogP contribution in [0.4, 0.5) is 10.6 Å². The van der Waals surface area contributed by atoms with E-state index in [1.807, 2.05) is 9.47 Å². The van der Waals surface area contributed by atoms with Gasteiger partial charge in [0.05, 0.1) is 6.61 Å². The molecule has 0 radical (unpaired) electrons. The number of aliphatic hydroxyl groups excluding tert-OH is 1. The number of hydrogen-bond acceptors (Lipinski definition) is 13. The first-order valence-corrected chi connectivity index (χ1v) is 25.7. The van der Waals surface area contributed by atoms with Crippen molar-refractivity contribution in [3.63, 3.8) is 0 Å². The van der Waals surface area contributed by atoms with Gasteiger partial charge >= 0.3 is 12.1 Å². The van der Waals surface area contributed by atoms with Crippen molar-refractivity contribution >= 4 is 61.6 Å². The first kappa shape index (κ1) is 47.2. The molecule has 4 N–H and O–H groups in total. The Morgan fingerprint density at radius 1 is 0.927 bits per heavy atom. The molecule has 0 spiro atoms. The molecule has 314 valence electrons. The number of nitrogen functional groups attached to an aromatic ring is 1. The molecule has 2 aromatic rings. The van der Waals surface area contributed by atoms with Crippen molar-refractivity contribution in [1.29, 1.82) is 0 Å². The Bertz CT molecular complexity index is 1630. The lowest BCUT2D eigenvalue weighted by Crippen LogP contribution is -2.55. The minimum atomic E-state index is -2.47. The summed E-state index contributed by atoms with van der Waals surface area (Å²) in [6.45, 7) is 33.3. The fourth-order valence-corrected chi connectivity index (χ4v) is 8.71. The van der Waals surface area contributed by atoms with E-state index in [0.717, 1.165) is 0 Å². The van der Waals surface area contributed by atoms with Crippen LogP contribution in [0.15, 0.2) is 11.1 Å². The molecule has 0 saturated carbocycles. The summed E-state index contributed by atoms with van der Waals surface area (Å²) in [5.74, 6) is -0.344. The van der Waals surface area contributed by atoms with E-state index in [2.05, 4.69) is 104 Å². The van der Waals surface area contributed by atoms with Gasteiger partial charge in [0, 0.05) is 19.6 Å². The molecule has 0 aromatic carbocycles. The van der Waals surface area contributed by atoms with Crippen molar-refractivity contribution < 1.29 is 37.8 Å². The van der Waals surface area contributed by atoms with Gasteiger partial charge in [-0.2, -0.15) is 0 Å². The zero-order valence-electron chi connectivity index (χ0n) is 36.0. The van der Waals surface area contributed by atoms with Gasteiger partial charge in [-0.1, -0.05) is 41.5 Å². The highest BCUT2D eigenvalue weighted by Crippen LogP contribution is 2.47. The summed E-state index contributed by atoms with van der Waals surface area (Å²) in [7, 11) is -4.94. The number of aromatic nitrogens is 4. The molecular weight excluding hydrogens is 807 g/mol. The van der Waals surface area contributed by atoms with Crippen LogP contribution < -0.4 is 11.1 Å². The van der Waals surface area contributed by atoms with Crippen molar-refractivity contribution in [1.82, 2.24) is 29.7 Å². The second-order valence-electron chi connectivity index (χ2n) is 19.5. The minimum Gasteiger partial charge on any atom is -0.458 e. The molecule has 15 nitrogen and oxygen atoms in total. The smallest absolute Gasteiger partial charge is 0.408 e. The summed E-state index contributed by atoms with van der Waals surface area (Å²) < 4.78 is 35.2. The van der Waals surface area contributed by atoms with Crippen molar-refractivity contribution in [3.8, 4) is 0 Å². The van der Waals surface area contributed by atoms with E-state index in [1.54, 1.807) is 41.5 Å². The Kier molecular flexibility index (Phi) is 14.9. The number of imidazole rings is 1. The van der Waals surface area contributed by atoms with Gasteiger partial charge in [-0.25, -0.2) is 24.5 Å². The summed E-state index contributed by atoms with van der Waals surface area (Å²) >= 11 is 3.66. The molecule has 2 aromatic heterocycles. The normalized spacial score (nSPS) is 20.9. The molecule has 1 fully saturated rings. The number of hydrogen-bond donors (Lipinski definition) is 3. The lowest BCUT2D eigenvalue weighted by Gasteiger charge is -2.44. The van der Waals surface area contributed by atoms with E-state index in [1.165, 1.54) is 6.33 Å². The van der Waals surface area contributed by atoms with Crippen LogP contribution in [0.5, 0.6) is 0 Å². The number of carbonyl (C=O) groups excluding carboxylic acids is 2. The highest BCUT2D eigenvalue weighted by molar-refractivity contribution is 9.10. The SMILES string of the molecule is CC(C)(C)OC(=O)N[C@@H](CCN(CCO)C[C@H]1O[C@@H](n2c(Br)nc3c(N)ncnc32)[C@H](O[Si](C)(C)C(C)(C)C)[C@@H]1O[Si](C)(C)C(C)(C)C)C(=O)OC(C)(C)C. The number of alkyl carbamates (subject to hydrolysis) is 1. The summed E-state index contributed by atoms with van der Waals surface area (Å²) in [4.78, 5) is 41.7. The number of carbonyl (C=O) groups is 2. The van der Waals surface area contributed by atoms with Crippen LogP contribution >= 0.6 is 15.9 Å². The van der Waals surface area contributed by atoms with Crippen molar-refractivity contribution in [3.05, 3.63) is 11.1 Å². The van der Waals surface area contributed by atoms with Gasteiger partial charge in [0.1, 0.15) is 41.9 Å². The van der Waals surface area contributed by atoms with Gasteiger partial charge in [-0.3, -0.25) is 9.47 Å². The number of anilines is 1. The Morgan fingerprint density at radius 3 is 1.98 bits per heavy atom. The van der Waals surface area contributed by atoms with E-state index >= 15 is 0 Å². The topological polar surface area (TPSA) is 185 Å². The first-order chi connectivity index (χ1) is 24.9. The maximum absolute atomic E-state index is 13.4. The molecular formula is C37H68BrN7O8Si2. The molecule has 1 aliphatic rings. The lowest BCUT2D eigenvalue weighted by molar-refractivity contribution is -0.157. The molecule has 5 atom stereocenters. The Labute approximate surface area is 338 Å². The monoisotopic (exact) mass is 873 g/mol. The van der Waals surface area contributed by atoms with E-state index in [-0.39, 0.29) is 35.5 Å². The number of nitrogens with zero attached hydrogens (tertiary/aromatic N) is 5. The third-order valence-corrected chi connectivity index (χ3v) is 20.0. The van der Waals surface area contributed by atoms with Gasteiger partial charge in [0.2, 0.25) is 0 Å². The lowest BCUT2D eigenvalue weighted by atomic mass is 10.1. The number of nitrogens with one attached hydrogen (secondary N) is 1. The Balaban J connectivity index is 2.12. The van der Waals surface area contributed by atoms with E-state index in [4.69, 9.17) is 28.8 Å². The predicted molar refractivity (Wildman–Crippen MR) is 223 cm³/mol. The molecule has 0 unspecified atom stereocenters. The third kappa shape index (κ3) is 12.4. The number of aliphatic hydroxyl groups is 1. The maximum atomic E-state index is 13.4. The van der Waals surface area contributed by atoms with Crippen molar-refractivity contribution in [2.24, 2.45) is 0 Å². The fourth-order valence-electron chi connectivity index (χ4n) is 5.56. The van der Waals surface area contributed by atoms with Gasteiger partial charge in [-0.15, -0.1) is 0 Å². The number of fused-ring (bicyclic) bond motifs is 1. The van der Waals surface area contributed by atoms with Crippen LogP contribution in [0.25, 0.3) is 11.2 Å². The molecule has 3 heterocycles. The zero-order chi connectivity index (χ0) is 42.1. The number of esters is 1. The number of amides is 1. The molecule has 18 heteroatoms. The quantitative estimate of drug-likeness (QED) is 0.103. The average Bonchev–Trinajstić information content (AvgIpc) is 3.48. The van der Waals surface area contributed by atoms with Crippen LogP contribution in [0.1, 0.15) is 95.7 Å². The summed E-state index contributed by atoms with van der Waals surface area (Å²) in [5.41, 5.74) is 5.63. The summed E-state index contributed by atoms with van der Waals surface area (Å²) in [5, 5.41) is 12.7. The molecule has 3 rings (SSSR count). The molecule has 0 bridgehead atoms. The Hall–Kier alpha value is -2.20. The van der Waals surface area contributed by atoms with Crippen LogP contribution in [0, 0.1) is 0 Å². The average molecular weight is 875 g/mol. The number of nitrogens with two attached hydrogens (primary N) is 1. The highest BCUT2D eigenvalue weighted by atomic mass is 79.9. The zero-order valence-corrected chi connectivity index (χ0v) is 39.6. The molecule has 0 aliphatic carbocycles. The highest BCUT2D eigenvalue weighted by Gasteiger charge is 2.55. The Morgan fingerprint density at radius 2 is 1.47 bits per heavy atom. The largest absolute Gasteiger partial charge is 0.458 e. The summed E-state index contributed by atoms with van der Waals surface area (Å²) in [6, 6.07) is -1.01. The molecule has 1 saturated heterocycles. The third-order valence-electron chi connectivity index (χ3n) is 10.4. The van der Waals surface area contributed by atoms with Gasteiger partial charge < -0.3 is 39.2 Å². The first-order valence-electron chi connectivity index (χ1n) is 19.1. The van der Waals surface area contributed by atoms with E-state index in [9.17, 15) is 14.7 Å². The molecule has 55 heavy (non-hydrogen) atoms. The number of ether oxygens (including phenoxy) is 3.